The molecule has 0 saturated carbocycles. The molecule has 0 fully saturated rings. The van der Waals surface area contributed by atoms with Crippen LogP contribution in [0.3, 0.4) is 0 Å². The Morgan fingerprint density at radius 2 is 2.27 bits per heavy atom. The Morgan fingerprint density at radius 1 is 1.40 bits per heavy atom. The number of aromatic nitrogens is 2. The van der Waals surface area contributed by atoms with E-state index in [0.29, 0.717) is 6.54 Å². The molecule has 0 aliphatic carbocycles. The molecule has 0 saturated heterocycles. The monoisotopic (exact) mass is 223 g/mol. The van der Waals surface area contributed by atoms with E-state index in [-0.39, 0.29) is 5.82 Å². The molecule has 5 heteroatoms. The molecule has 15 heavy (non-hydrogen) atoms. The van der Waals surface area contributed by atoms with Crippen molar-refractivity contribution in [1.29, 1.82) is 0 Å². The number of hydrogen-bond acceptors (Lipinski definition) is 4. The van der Waals surface area contributed by atoms with Crippen molar-refractivity contribution in [3.8, 4) is 0 Å². The third-order valence-electron chi connectivity index (χ3n) is 1.92. The van der Waals surface area contributed by atoms with Gasteiger partial charge in [-0.2, -0.15) is 0 Å². The van der Waals surface area contributed by atoms with Crippen LogP contribution in [0.5, 0.6) is 0 Å². The van der Waals surface area contributed by atoms with E-state index in [0.717, 1.165) is 16.9 Å². The van der Waals surface area contributed by atoms with E-state index in [2.05, 4.69) is 14.9 Å². The molecule has 0 radical (unpaired) electrons. The molecule has 0 bridgehead atoms. The third kappa shape index (κ3) is 2.73. The van der Waals surface area contributed by atoms with Gasteiger partial charge in [0, 0.05) is 11.1 Å². The summed E-state index contributed by atoms with van der Waals surface area (Å²) in [5.41, 5.74) is 2.52. The average Bonchev–Trinajstić information content (AvgIpc) is 2.65. The topological polar surface area (TPSA) is 37.8 Å². The Hall–Kier alpha value is -1.49. The molecular formula is C10H10FN3S. The number of anilines is 1. The number of nitrogens with zero attached hydrogens (tertiary/aromatic N) is 2. The highest BCUT2D eigenvalue weighted by atomic mass is 32.1. The first kappa shape index (κ1) is 10.0. The highest BCUT2D eigenvalue weighted by molar-refractivity contribution is 7.03. The zero-order chi connectivity index (χ0) is 10.7. The van der Waals surface area contributed by atoms with Crippen LogP contribution in [0.2, 0.25) is 0 Å². The molecule has 0 amide bonds. The van der Waals surface area contributed by atoms with Crippen molar-refractivity contribution >= 4 is 17.2 Å². The lowest BCUT2D eigenvalue weighted by molar-refractivity contribution is 0.627. The van der Waals surface area contributed by atoms with E-state index in [9.17, 15) is 4.39 Å². The number of nitrogens with one attached hydrogen (secondary N) is 1. The first-order valence-corrected chi connectivity index (χ1v) is 5.35. The Labute approximate surface area is 91.1 Å². The summed E-state index contributed by atoms with van der Waals surface area (Å²) in [5, 5.41) is 8.84. The van der Waals surface area contributed by atoms with E-state index in [1.807, 2.05) is 18.4 Å². The highest BCUT2D eigenvalue weighted by Crippen LogP contribution is 2.14. The number of benzene rings is 1. The van der Waals surface area contributed by atoms with E-state index < -0.39 is 0 Å². The minimum atomic E-state index is -0.228. The van der Waals surface area contributed by atoms with Gasteiger partial charge in [0.05, 0.1) is 12.2 Å². The van der Waals surface area contributed by atoms with Crippen LogP contribution in [0.15, 0.2) is 23.6 Å². The van der Waals surface area contributed by atoms with Gasteiger partial charge < -0.3 is 5.32 Å². The summed E-state index contributed by atoms with van der Waals surface area (Å²) in [7, 11) is 0. The number of rotatable bonds is 3. The van der Waals surface area contributed by atoms with Crippen LogP contribution in [0.1, 0.15) is 11.3 Å². The SMILES string of the molecule is Cc1cc(F)cc(NCc2csnn2)c1. The van der Waals surface area contributed by atoms with Crippen molar-refractivity contribution in [2.24, 2.45) is 0 Å². The predicted molar refractivity (Wildman–Crippen MR) is 58.4 cm³/mol. The molecule has 1 N–H and O–H groups in total. The minimum Gasteiger partial charge on any atom is -0.379 e. The molecule has 0 spiro atoms. The zero-order valence-corrected chi connectivity index (χ0v) is 9.01. The van der Waals surface area contributed by atoms with Crippen molar-refractivity contribution in [2.75, 3.05) is 5.32 Å². The van der Waals surface area contributed by atoms with Crippen LogP contribution in [0.4, 0.5) is 10.1 Å². The molecule has 0 aliphatic rings. The van der Waals surface area contributed by atoms with Gasteiger partial charge in [-0.1, -0.05) is 4.49 Å². The lowest BCUT2D eigenvalue weighted by Gasteiger charge is -2.05. The first-order chi connectivity index (χ1) is 7.24. The fourth-order valence-electron chi connectivity index (χ4n) is 1.29. The Bertz CT molecular complexity index is 422. The van der Waals surface area contributed by atoms with Gasteiger partial charge in [0.25, 0.3) is 0 Å². The lowest BCUT2D eigenvalue weighted by Crippen LogP contribution is -2.00. The zero-order valence-electron chi connectivity index (χ0n) is 8.20. The number of aryl methyl sites for hydroxylation is 1. The summed E-state index contributed by atoms with van der Waals surface area (Å²) in [6.45, 7) is 2.43. The fraction of sp³-hybridized carbons (Fsp3) is 0.200. The van der Waals surface area contributed by atoms with Crippen LogP contribution in [0.25, 0.3) is 0 Å². The highest BCUT2D eigenvalue weighted by Gasteiger charge is 1.99. The maximum absolute atomic E-state index is 13.0. The van der Waals surface area contributed by atoms with Gasteiger partial charge in [-0.3, -0.25) is 0 Å². The first-order valence-electron chi connectivity index (χ1n) is 4.51. The lowest BCUT2D eigenvalue weighted by atomic mass is 10.2. The van der Waals surface area contributed by atoms with Gasteiger partial charge in [-0.15, -0.1) is 5.10 Å². The largest absolute Gasteiger partial charge is 0.379 e. The quantitative estimate of drug-likeness (QED) is 0.869. The van der Waals surface area contributed by atoms with Gasteiger partial charge in [0.1, 0.15) is 5.82 Å². The summed E-state index contributed by atoms with van der Waals surface area (Å²) in [4.78, 5) is 0. The van der Waals surface area contributed by atoms with E-state index >= 15 is 0 Å². The van der Waals surface area contributed by atoms with Crippen molar-refractivity contribution in [1.82, 2.24) is 9.59 Å². The van der Waals surface area contributed by atoms with Gasteiger partial charge in [-0.05, 0) is 42.2 Å². The number of halogens is 1. The second-order valence-corrected chi connectivity index (χ2v) is 3.88. The second-order valence-electron chi connectivity index (χ2n) is 3.27. The van der Waals surface area contributed by atoms with Gasteiger partial charge in [0.15, 0.2) is 0 Å². The van der Waals surface area contributed by atoms with E-state index in [1.165, 1.54) is 23.7 Å². The van der Waals surface area contributed by atoms with Crippen molar-refractivity contribution < 1.29 is 4.39 Å². The molecule has 1 heterocycles. The van der Waals surface area contributed by atoms with Crippen molar-refractivity contribution in [2.45, 2.75) is 13.5 Å². The minimum absolute atomic E-state index is 0.228. The molecule has 0 unspecified atom stereocenters. The molecule has 2 aromatic rings. The molecule has 3 nitrogen and oxygen atoms in total. The standard InChI is InChI=1S/C10H10FN3S/c1-7-2-8(11)4-9(3-7)12-5-10-6-15-14-13-10/h2-4,6,12H,5H2,1H3. The van der Waals surface area contributed by atoms with Crippen molar-refractivity contribution in [3.05, 3.63) is 40.7 Å². The molecule has 0 atom stereocenters. The summed E-state index contributed by atoms with van der Waals surface area (Å²) in [6.07, 6.45) is 0. The van der Waals surface area contributed by atoms with Gasteiger partial charge in [0.2, 0.25) is 0 Å². The van der Waals surface area contributed by atoms with Gasteiger partial charge >= 0.3 is 0 Å². The Balaban J connectivity index is 2.05. The molecule has 2 rings (SSSR count). The Morgan fingerprint density at radius 3 is 2.93 bits per heavy atom. The van der Waals surface area contributed by atoms with Gasteiger partial charge in [-0.25, -0.2) is 4.39 Å². The van der Waals surface area contributed by atoms with E-state index in [1.54, 1.807) is 0 Å². The van der Waals surface area contributed by atoms with Crippen LogP contribution >= 0.6 is 11.5 Å². The summed E-state index contributed by atoms with van der Waals surface area (Å²) in [5.74, 6) is -0.228. The third-order valence-corrected chi connectivity index (χ3v) is 2.47. The average molecular weight is 223 g/mol. The van der Waals surface area contributed by atoms with Crippen LogP contribution in [-0.4, -0.2) is 9.59 Å². The van der Waals surface area contributed by atoms with Crippen LogP contribution in [-0.2, 0) is 6.54 Å². The maximum atomic E-state index is 13.0. The molecule has 0 aliphatic heterocycles. The summed E-state index contributed by atoms with van der Waals surface area (Å²) in [6, 6.07) is 4.85. The van der Waals surface area contributed by atoms with E-state index in [4.69, 9.17) is 0 Å². The number of hydrogen-bond donors (Lipinski definition) is 1. The maximum Gasteiger partial charge on any atom is 0.125 e. The molecule has 1 aromatic heterocycles. The van der Waals surface area contributed by atoms with Crippen molar-refractivity contribution in [3.63, 3.8) is 0 Å². The second kappa shape index (κ2) is 4.35. The molecular weight excluding hydrogens is 213 g/mol. The predicted octanol–water partition coefficient (Wildman–Crippen LogP) is 2.60. The van der Waals surface area contributed by atoms with Crippen LogP contribution < -0.4 is 5.32 Å². The Kier molecular flexibility index (Phi) is 2.91. The normalized spacial score (nSPS) is 10.3. The van der Waals surface area contributed by atoms with Crippen LogP contribution in [0, 0.1) is 12.7 Å². The fourth-order valence-corrected chi connectivity index (χ4v) is 1.74. The molecule has 78 valence electrons. The summed E-state index contributed by atoms with van der Waals surface area (Å²) >= 11 is 1.31. The smallest absolute Gasteiger partial charge is 0.125 e. The summed E-state index contributed by atoms with van der Waals surface area (Å²) < 4.78 is 16.8. The molecule has 1 aromatic carbocycles.